The molecule has 9 nitrogen and oxygen atoms in total. The number of aromatic nitrogens is 4. The molecule has 150 valence electrons. The summed E-state index contributed by atoms with van der Waals surface area (Å²) in [4.78, 5) is 28.6. The third-order valence-corrected chi connectivity index (χ3v) is 4.87. The van der Waals surface area contributed by atoms with Gasteiger partial charge in [0.05, 0.1) is 26.0 Å². The minimum atomic E-state index is -0.368. The third-order valence-electron chi connectivity index (χ3n) is 4.87. The van der Waals surface area contributed by atoms with Gasteiger partial charge >= 0.3 is 5.69 Å². The van der Waals surface area contributed by atoms with Gasteiger partial charge in [0.15, 0.2) is 22.7 Å². The van der Waals surface area contributed by atoms with E-state index in [2.05, 4.69) is 16.4 Å². The number of rotatable bonds is 6. The Balaban J connectivity index is 0.00000225. The summed E-state index contributed by atoms with van der Waals surface area (Å²) in [5.74, 6) is 1.60. The van der Waals surface area contributed by atoms with E-state index in [9.17, 15) is 9.59 Å². The molecule has 2 aromatic heterocycles. The molecule has 28 heavy (non-hydrogen) atoms. The minimum Gasteiger partial charge on any atom is -1.00 e. The molecule has 1 aromatic carbocycles. The van der Waals surface area contributed by atoms with Gasteiger partial charge in [-0.25, -0.2) is 9.78 Å². The molecule has 0 saturated carbocycles. The fraction of sp³-hybridized carbons (Fsp3) is 0.389. The Morgan fingerprint density at radius 2 is 1.89 bits per heavy atom. The van der Waals surface area contributed by atoms with Crippen molar-refractivity contribution < 1.29 is 27.2 Å². The molecule has 4 rings (SSSR count). The molecule has 0 aliphatic carbocycles. The Bertz CT molecular complexity index is 1120. The summed E-state index contributed by atoms with van der Waals surface area (Å²) >= 11 is 0. The van der Waals surface area contributed by atoms with Gasteiger partial charge in [0, 0.05) is 20.5 Å². The van der Waals surface area contributed by atoms with Crippen LogP contribution in [0.5, 0.6) is 11.5 Å². The van der Waals surface area contributed by atoms with Crippen molar-refractivity contribution in [3.8, 4) is 11.5 Å². The SMILES string of the molecule is Cn1c(=O)c2c(ncn2CC[NH2+]CCc2ccc3c(c2)OCO3)n(C)c1=O.[Cl-]. The number of nitrogens with zero attached hydrogens (tertiary/aromatic N) is 4. The van der Waals surface area contributed by atoms with E-state index in [0.717, 1.165) is 35.6 Å². The first-order chi connectivity index (χ1) is 13.1. The van der Waals surface area contributed by atoms with Crippen molar-refractivity contribution in [2.24, 2.45) is 14.1 Å². The zero-order valence-corrected chi connectivity index (χ0v) is 16.5. The minimum absolute atomic E-state index is 0. The lowest BCUT2D eigenvalue weighted by Gasteiger charge is -2.07. The fourth-order valence-corrected chi connectivity index (χ4v) is 3.31. The van der Waals surface area contributed by atoms with E-state index in [0.29, 0.717) is 17.7 Å². The molecule has 0 amide bonds. The molecule has 0 saturated heterocycles. The zero-order chi connectivity index (χ0) is 19.0. The highest BCUT2D eigenvalue weighted by molar-refractivity contribution is 5.69. The molecule has 10 heteroatoms. The normalized spacial score (nSPS) is 12.4. The largest absolute Gasteiger partial charge is 1.00 e. The van der Waals surface area contributed by atoms with E-state index in [4.69, 9.17) is 9.47 Å². The lowest BCUT2D eigenvalue weighted by molar-refractivity contribution is -0.655. The summed E-state index contributed by atoms with van der Waals surface area (Å²) in [6.45, 7) is 2.66. The number of hydrogen-bond acceptors (Lipinski definition) is 5. The van der Waals surface area contributed by atoms with Gasteiger partial charge in [0.25, 0.3) is 5.56 Å². The summed E-state index contributed by atoms with van der Waals surface area (Å²) in [5.41, 5.74) is 1.40. The third kappa shape index (κ3) is 3.50. The van der Waals surface area contributed by atoms with Gasteiger partial charge < -0.3 is 31.8 Å². The molecule has 1 aliphatic heterocycles. The second-order valence-electron chi connectivity index (χ2n) is 6.62. The maximum Gasteiger partial charge on any atom is 0.332 e. The van der Waals surface area contributed by atoms with Crippen molar-refractivity contribution in [1.29, 1.82) is 0 Å². The maximum absolute atomic E-state index is 12.4. The van der Waals surface area contributed by atoms with Crippen LogP contribution in [-0.2, 0) is 27.1 Å². The number of hydrogen-bond donors (Lipinski definition) is 1. The molecule has 0 unspecified atom stereocenters. The number of benzene rings is 1. The first-order valence-electron chi connectivity index (χ1n) is 8.87. The summed E-state index contributed by atoms with van der Waals surface area (Å²) in [6, 6.07) is 6.01. The van der Waals surface area contributed by atoms with Crippen molar-refractivity contribution in [3.63, 3.8) is 0 Å². The van der Waals surface area contributed by atoms with Crippen molar-refractivity contribution in [2.75, 3.05) is 19.9 Å². The lowest BCUT2D eigenvalue weighted by Crippen LogP contribution is -3.00. The predicted octanol–water partition coefficient (Wildman–Crippen LogP) is -4.03. The van der Waals surface area contributed by atoms with Gasteiger partial charge in [-0.2, -0.15) is 0 Å². The van der Waals surface area contributed by atoms with Crippen LogP contribution in [-0.4, -0.2) is 38.6 Å². The maximum atomic E-state index is 12.4. The highest BCUT2D eigenvalue weighted by atomic mass is 35.5. The molecule has 0 fully saturated rings. The molecule has 0 radical (unpaired) electrons. The average Bonchev–Trinajstić information content (AvgIpc) is 3.31. The quantitative estimate of drug-likeness (QED) is 0.420. The standard InChI is InChI=1S/C18H21N5O4.ClH/c1-21-16-15(17(24)22(2)18(21)25)23(10-20-16)8-7-19-6-5-12-3-4-13-14(9-12)27-11-26-13;/h3-4,9-10,19H,5-8,11H2,1-2H3;1H. The Hall–Kier alpha value is -2.78. The van der Waals surface area contributed by atoms with E-state index in [1.807, 2.05) is 16.7 Å². The number of quaternary nitrogens is 1. The lowest BCUT2D eigenvalue weighted by atomic mass is 10.1. The van der Waals surface area contributed by atoms with Crippen molar-refractivity contribution in [3.05, 3.63) is 50.9 Å². The first kappa shape index (κ1) is 20.0. The van der Waals surface area contributed by atoms with E-state index in [-0.39, 0.29) is 30.4 Å². The van der Waals surface area contributed by atoms with E-state index < -0.39 is 0 Å². The summed E-state index contributed by atoms with van der Waals surface area (Å²) in [6.07, 6.45) is 2.54. The van der Waals surface area contributed by atoms with Gasteiger partial charge in [-0.3, -0.25) is 13.9 Å². The van der Waals surface area contributed by atoms with Crippen LogP contribution >= 0.6 is 0 Å². The van der Waals surface area contributed by atoms with Crippen LogP contribution in [0.4, 0.5) is 0 Å². The first-order valence-corrected chi connectivity index (χ1v) is 8.87. The van der Waals surface area contributed by atoms with Crippen LogP contribution in [0.3, 0.4) is 0 Å². The Kier molecular flexibility index (Phi) is 5.76. The van der Waals surface area contributed by atoms with Gasteiger partial charge in [-0.15, -0.1) is 0 Å². The number of halogens is 1. The van der Waals surface area contributed by atoms with Gasteiger partial charge in [0.1, 0.15) is 0 Å². The van der Waals surface area contributed by atoms with Crippen LogP contribution in [0.15, 0.2) is 34.1 Å². The zero-order valence-electron chi connectivity index (χ0n) is 15.7. The summed E-state index contributed by atoms with van der Waals surface area (Å²) in [7, 11) is 3.11. The van der Waals surface area contributed by atoms with Crippen LogP contribution < -0.4 is 38.4 Å². The topological polar surface area (TPSA) is 96.9 Å². The number of nitrogens with two attached hydrogens (primary N) is 1. The van der Waals surface area contributed by atoms with Gasteiger partial charge in [0.2, 0.25) is 6.79 Å². The van der Waals surface area contributed by atoms with Crippen LogP contribution in [0.2, 0.25) is 0 Å². The smallest absolute Gasteiger partial charge is 0.332 e. The monoisotopic (exact) mass is 407 g/mol. The second kappa shape index (κ2) is 8.07. The molecule has 1 aliphatic rings. The van der Waals surface area contributed by atoms with E-state index >= 15 is 0 Å². The van der Waals surface area contributed by atoms with Crippen molar-refractivity contribution >= 4 is 11.2 Å². The number of imidazole rings is 1. The summed E-state index contributed by atoms with van der Waals surface area (Å²) in [5, 5.41) is 2.20. The summed E-state index contributed by atoms with van der Waals surface area (Å²) < 4.78 is 15.0. The Morgan fingerprint density at radius 3 is 2.71 bits per heavy atom. The molecular formula is C18H22ClN5O4. The number of fused-ring (bicyclic) bond motifs is 2. The van der Waals surface area contributed by atoms with Crippen LogP contribution in [0.25, 0.3) is 11.2 Å². The Morgan fingerprint density at radius 1 is 1.11 bits per heavy atom. The van der Waals surface area contributed by atoms with Gasteiger partial charge in [-0.1, -0.05) is 6.07 Å². The fourth-order valence-electron chi connectivity index (χ4n) is 3.31. The van der Waals surface area contributed by atoms with E-state index in [1.54, 1.807) is 13.4 Å². The number of ether oxygens (including phenoxy) is 2. The van der Waals surface area contributed by atoms with Crippen LogP contribution in [0, 0.1) is 0 Å². The Labute approximate surface area is 166 Å². The molecule has 0 spiro atoms. The van der Waals surface area contributed by atoms with E-state index in [1.165, 1.54) is 17.2 Å². The average molecular weight is 408 g/mol. The molecular weight excluding hydrogens is 386 g/mol. The molecule has 3 heterocycles. The van der Waals surface area contributed by atoms with Crippen molar-refractivity contribution in [2.45, 2.75) is 13.0 Å². The molecule has 0 bridgehead atoms. The molecule has 3 aromatic rings. The molecule has 0 atom stereocenters. The second-order valence-corrected chi connectivity index (χ2v) is 6.62. The van der Waals surface area contributed by atoms with Gasteiger partial charge in [-0.05, 0) is 17.7 Å². The number of aryl methyl sites for hydroxylation is 1. The highest BCUT2D eigenvalue weighted by Gasteiger charge is 2.15. The predicted molar refractivity (Wildman–Crippen MR) is 98.1 cm³/mol. The highest BCUT2D eigenvalue weighted by Crippen LogP contribution is 2.32. The van der Waals surface area contributed by atoms with Crippen molar-refractivity contribution in [1.82, 2.24) is 18.7 Å². The van der Waals surface area contributed by atoms with Crippen LogP contribution in [0.1, 0.15) is 5.56 Å². The molecule has 2 N–H and O–H groups in total.